The van der Waals surface area contributed by atoms with E-state index in [-0.39, 0.29) is 23.0 Å². The van der Waals surface area contributed by atoms with E-state index in [1.54, 1.807) is 11.8 Å². The first-order valence-corrected chi connectivity index (χ1v) is 14.6. The first kappa shape index (κ1) is 30.5. The highest BCUT2D eigenvalue weighted by Gasteiger charge is 2.47. The molecule has 2 heterocycles. The van der Waals surface area contributed by atoms with Crippen LogP contribution in [-0.2, 0) is 9.53 Å². The van der Waals surface area contributed by atoms with Gasteiger partial charge in [-0.15, -0.1) is 11.8 Å². The van der Waals surface area contributed by atoms with Gasteiger partial charge in [0.25, 0.3) is 5.91 Å². The summed E-state index contributed by atoms with van der Waals surface area (Å²) in [6, 6.07) is 7.76. The van der Waals surface area contributed by atoms with Crippen molar-refractivity contribution < 1.29 is 14.3 Å². The maximum atomic E-state index is 13.4. The zero-order valence-corrected chi connectivity index (χ0v) is 25.8. The molecule has 0 spiro atoms. The third-order valence-electron chi connectivity index (χ3n) is 6.95. The van der Waals surface area contributed by atoms with Crippen molar-refractivity contribution in [3.8, 4) is 0 Å². The summed E-state index contributed by atoms with van der Waals surface area (Å²) >= 11 is 1.60. The number of anilines is 1. The molecule has 0 fully saturated rings. The summed E-state index contributed by atoms with van der Waals surface area (Å²) < 4.78 is 5.82. The Balaban J connectivity index is 1.83. The quantitative estimate of drug-likeness (QED) is 0.445. The van der Waals surface area contributed by atoms with E-state index >= 15 is 0 Å². The number of ether oxygens (including phenoxy) is 1. The number of esters is 1. The first-order valence-electron chi connectivity index (χ1n) is 13.7. The SMILES string of the molecule is CCN(CCN(C)C)c1ccc(C(=O)NC2SC3=C(CC2C(=O)OC(C)(C)C)CC(C)(C)NC3(C)C)cc1. The van der Waals surface area contributed by atoms with Crippen LogP contribution in [0.25, 0.3) is 0 Å². The van der Waals surface area contributed by atoms with Crippen LogP contribution >= 0.6 is 11.8 Å². The van der Waals surface area contributed by atoms with Gasteiger partial charge in [0.05, 0.1) is 11.3 Å². The first-order chi connectivity index (χ1) is 17.5. The molecule has 0 saturated heterocycles. The summed E-state index contributed by atoms with van der Waals surface area (Å²) in [6.45, 7) is 19.3. The summed E-state index contributed by atoms with van der Waals surface area (Å²) in [5.41, 5.74) is 2.05. The number of amides is 1. The summed E-state index contributed by atoms with van der Waals surface area (Å²) in [7, 11) is 4.14. The zero-order chi connectivity index (χ0) is 28.5. The van der Waals surface area contributed by atoms with Crippen molar-refractivity contribution in [3.63, 3.8) is 0 Å². The molecule has 2 atom stereocenters. The van der Waals surface area contributed by atoms with Crippen LogP contribution in [0.2, 0.25) is 0 Å². The number of thioether (sulfide) groups is 1. The Bertz CT molecular complexity index is 1040. The standard InChI is InChI=1S/C30H48N4O3S/c1-11-34(17-16-33(9)10)22-14-12-20(13-15-22)25(35)31-26-23(27(36)37-28(2,3)4)18-21-19-29(5,6)32-30(7,8)24(21)38-26/h12-15,23,26,32H,11,16-19H2,1-10H3,(H,31,35). The molecule has 3 rings (SSSR count). The monoisotopic (exact) mass is 544 g/mol. The predicted molar refractivity (Wildman–Crippen MR) is 159 cm³/mol. The van der Waals surface area contributed by atoms with Crippen LogP contribution < -0.4 is 15.5 Å². The van der Waals surface area contributed by atoms with Crippen molar-refractivity contribution in [3.05, 3.63) is 40.3 Å². The molecule has 0 bridgehead atoms. The predicted octanol–water partition coefficient (Wildman–Crippen LogP) is 5.03. The lowest BCUT2D eigenvalue weighted by molar-refractivity contribution is -0.160. The molecular weight excluding hydrogens is 496 g/mol. The Morgan fingerprint density at radius 3 is 2.29 bits per heavy atom. The van der Waals surface area contributed by atoms with Gasteiger partial charge >= 0.3 is 5.97 Å². The summed E-state index contributed by atoms with van der Waals surface area (Å²) in [4.78, 5) is 32.5. The van der Waals surface area contributed by atoms with Crippen LogP contribution in [-0.4, -0.2) is 72.6 Å². The number of hydrogen-bond acceptors (Lipinski definition) is 7. The molecular formula is C30H48N4O3S. The molecule has 2 aliphatic heterocycles. The van der Waals surface area contributed by atoms with Gasteiger partial charge in [0, 0.05) is 46.9 Å². The van der Waals surface area contributed by atoms with Gasteiger partial charge < -0.3 is 25.2 Å². The number of carbonyl (C=O) groups is 2. The van der Waals surface area contributed by atoms with Gasteiger partial charge in [0.2, 0.25) is 0 Å². The highest BCUT2D eigenvalue weighted by atomic mass is 32.2. The second kappa shape index (κ2) is 11.6. The Morgan fingerprint density at radius 1 is 1.11 bits per heavy atom. The second-order valence-corrected chi connectivity index (χ2v) is 14.2. The Morgan fingerprint density at radius 2 is 1.74 bits per heavy atom. The maximum Gasteiger partial charge on any atom is 0.312 e. The maximum absolute atomic E-state index is 13.4. The van der Waals surface area contributed by atoms with Gasteiger partial charge in [-0.2, -0.15) is 0 Å². The summed E-state index contributed by atoms with van der Waals surface area (Å²) in [6.07, 6.45) is 1.45. The normalized spacial score (nSPS) is 22.6. The molecule has 38 heavy (non-hydrogen) atoms. The number of rotatable bonds is 8. The molecule has 2 aliphatic rings. The summed E-state index contributed by atoms with van der Waals surface area (Å²) in [5.74, 6) is -0.886. The average Bonchev–Trinajstić information content (AvgIpc) is 2.77. The van der Waals surface area contributed by atoms with Crippen LogP contribution in [0, 0.1) is 5.92 Å². The van der Waals surface area contributed by atoms with Crippen LogP contribution in [0.3, 0.4) is 0 Å². The fourth-order valence-corrected chi connectivity index (χ4v) is 6.98. The minimum Gasteiger partial charge on any atom is -0.460 e. The Kier molecular flexibility index (Phi) is 9.32. The van der Waals surface area contributed by atoms with E-state index in [1.165, 1.54) is 10.5 Å². The molecule has 2 unspecified atom stereocenters. The smallest absolute Gasteiger partial charge is 0.312 e. The van der Waals surface area contributed by atoms with E-state index < -0.39 is 16.9 Å². The van der Waals surface area contributed by atoms with Crippen LogP contribution in [0.4, 0.5) is 5.69 Å². The van der Waals surface area contributed by atoms with Gasteiger partial charge in [-0.1, -0.05) is 5.57 Å². The fraction of sp³-hybridized carbons (Fsp3) is 0.667. The van der Waals surface area contributed by atoms with Crippen molar-refractivity contribution >= 4 is 29.3 Å². The molecule has 0 saturated carbocycles. The van der Waals surface area contributed by atoms with Crippen LogP contribution in [0.1, 0.15) is 78.6 Å². The van der Waals surface area contributed by atoms with Crippen molar-refractivity contribution in [2.75, 3.05) is 38.6 Å². The van der Waals surface area contributed by atoms with Crippen LogP contribution in [0.15, 0.2) is 34.7 Å². The average molecular weight is 545 g/mol. The van der Waals surface area contributed by atoms with Crippen molar-refractivity contribution in [1.29, 1.82) is 0 Å². The molecule has 0 radical (unpaired) electrons. The number of nitrogens with one attached hydrogen (secondary N) is 2. The molecule has 0 aliphatic carbocycles. The Hall–Kier alpha value is -2.03. The minimum absolute atomic E-state index is 0.0713. The molecule has 8 heteroatoms. The topological polar surface area (TPSA) is 73.9 Å². The second-order valence-electron chi connectivity index (χ2n) is 13.0. The molecule has 1 aromatic carbocycles. The van der Waals surface area contributed by atoms with Gasteiger partial charge in [0.1, 0.15) is 5.60 Å². The zero-order valence-electron chi connectivity index (χ0n) is 25.0. The fourth-order valence-electron chi connectivity index (χ4n) is 5.52. The molecule has 212 valence electrons. The highest BCUT2D eigenvalue weighted by Crippen LogP contribution is 2.49. The number of carbonyl (C=O) groups excluding carboxylic acids is 2. The van der Waals surface area contributed by atoms with Crippen molar-refractivity contribution in [1.82, 2.24) is 15.5 Å². The van der Waals surface area contributed by atoms with E-state index in [9.17, 15) is 9.59 Å². The number of benzene rings is 1. The third-order valence-corrected chi connectivity index (χ3v) is 8.68. The van der Waals surface area contributed by atoms with Gasteiger partial charge in [0.15, 0.2) is 0 Å². The van der Waals surface area contributed by atoms with Crippen molar-refractivity contribution in [2.24, 2.45) is 5.92 Å². The molecule has 2 N–H and O–H groups in total. The number of nitrogens with zero attached hydrogens (tertiary/aromatic N) is 2. The number of likely N-dealkylation sites (N-methyl/N-ethyl adjacent to an activating group) is 2. The lowest BCUT2D eigenvalue weighted by Gasteiger charge is -2.49. The molecule has 1 amide bonds. The molecule has 0 aromatic heterocycles. The van der Waals surface area contributed by atoms with E-state index in [1.807, 2.05) is 45.0 Å². The van der Waals surface area contributed by atoms with E-state index in [4.69, 9.17) is 4.74 Å². The molecule has 1 aromatic rings. The van der Waals surface area contributed by atoms with Crippen LogP contribution in [0.5, 0.6) is 0 Å². The van der Waals surface area contributed by atoms with Gasteiger partial charge in [-0.05, 0) is 107 Å². The Labute approximate surface area is 234 Å². The summed E-state index contributed by atoms with van der Waals surface area (Å²) in [5, 5.41) is 6.52. The van der Waals surface area contributed by atoms with E-state index in [0.717, 1.165) is 31.7 Å². The van der Waals surface area contributed by atoms with Gasteiger partial charge in [-0.25, -0.2) is 0 Å². The lowest BCUT2D eigenvalue weighted by Crippen LogP contribution is -2.58. The van der Waals surface area contributed by atoms with E-state index in [2.05, 4.69) is 69.1 Å². The lowest BCUT2D eigenvalue weighted by atomic mass is 9.79. The number of hydrogen-bond donors (Lipinski definition) is 2. The van der Waals surface area contributed by atoms with Gasteiger partial charge in [-0.3, -0.25) is 9.59 Å². The molecule has 7 nitrogen and oxygen atoms in total. The highest BCUT2D eigenvalue weighted by molar-refractivity contribution is 8.03. The van der Waals surface area contributed by atoms with E-state index in [0.29, 0.717) is 12.0 Å². The largest absolute Gasteiger partial charge is 0.460 e. The third kappa shape index (κ3) is 7.76. The minimum atomic E-state index is -0.592. The van der Waals surface area contributed by atoms with Crippen molar-refractivity contribution in [2.45, 2.75) is 90.3 Å².